The minimum absolute atomic E-state index is 0.154. The number of pyridine rings is 1. The number of nitrogens with one attached hydrogen (secondary N) is 1. The van der Waals surface area contributed by atoms with Gasteiger partial charge in [0.1, 0.15) is 0 Å². The van der Waals surface area contributed by atoms with Crippen molar-refractivity contribution in [1.29, 1.82) is 0 Å². The standard InChI is InChI=1S/C14H21ClN2O/c1-3-16-10-14(5-7-18-11(14)2)8-12-4-6-17-9-13(12)15/h4,6,9,11,16H,3,5,7-8,10H2,1-2H3. The van der Waals surface area contributed by atoms with Gasteiger partial charge in [0, 0.05) is 31.0 Å². The second-order valence-corrected chi connectivity index (χ2v) is 5.46. The SMILES string of the molecule is CCNCC1(Cc2ccncc2Cl)CCOC1C. The Hall–Kier alpha value is -0.640. The second kappa shape index (κ2) is 6.00. The first-order valence-corrected chi connectivity index (χ1v) is 6.96. The van der Waals surface area contributed by atoms with Gasteiger partial charge in [-0.2, -0.15) is 0 Å². The molecular weight excluding hydrogens is 248 g/mol. The number of ether oxygens (including phenoxy) is 1. The molecule has 1 saturated heterocycles. The van der Waals surface area contributed by atoms with Crippen LogP contribution in [-0.4, -0.2) is 30.8 Å². The predicted octanol–water partition coefficient (Wildman–Crippen LogP) is 2.68. The van der Waals surface area contributed by atoms with E-state index in [4.69, 9.17) is 16.3 Å². The van der Waals surface area contributed by atoms with Crippen molar-refractivity contribution in [2.75, 3.05) is 19.7 Å². The normalized spacial score (nSPS) is 27.6. The van der Waals surface area contributed by atoms with Crippen LogP contribution in [0, 0.1) is 5.41 Å². The van der Waals surface area contributed by atoms with Gasteiger partial charge in [-0.05, 0) is 37.9 Å². The zero-order chi connectivity index (χ0) is 13.0. The molecule has 2 rings (SSSR count). The van der Waals surface area contributed by atoms with Crippen molar-refractivity contribution in [2.24, 2.45) is 5.41 Å². The first kappa shape index (κ1) is 13.8. The Bertz CT molecular complexity index is 399. The van der Waals surface area contributed by atoms with E-state index in [1.54, 1.807) is 6.20 Å². The third-order valence-electron chi connectivity index (χ3n) is 3.96. The smallest absolute Gasteiger partial charge is 0.0621 e. The number of hydrogen-bond donors (Lipinski definition) is 1. The van der Waals surface area contributed by atoms with Gasteiger partial charge < -0.3 is 10.1 Å². The third-order valence-corrected chi connectivity index (χ3v) is 4.30. The molecule has 0 radical (unpaired) electrons. The third kappa shape index (κ3) is 2.85. The lowest BCUT2D eigenvalue weighted by molar-refractivity contribution is 0.0633. The van der Waals surface area contributed by atoms with Gasteiger partial charge >= 0.3 is 0 Å². The van der Waals surface area contributed by atoms with Gasteiger partial charge in [0.2, 0.25) is 0 Å². The Kier molecular flexibility index (Phi) is 4.60. The minimum Gasteiger partial charge on any atom is -0.378 e. The summed E-state index contributed by atoms with van der Waals surface area (Å²) in [6.07, 6.45) is 5.82. The van der Waals surface area contributed by atoms with E-state index in [-0.39, 0.29) is 11.5 Å². The molecule has 0 saturated carbocycles. The molecule has 1 fully saturated rings. The van der Waals surface area contributed by atoms with E-state index in [1.807, 2.05) is 12.3 Å². The van der Waals surface area contributed by atoms with E-state index < -0.39 is 0 Å². The molecule has 3 nitrogen and oxygen atoms in total. The molecule has 1 aliphatic heterocycles. The molecule has 1 aromatic heterocycles. The van der Waals surface area contributed by atoms with Crippen molar-refractivity contribution in [3.8, 4) is 0 Å². The van der Waals surface area contributed by atoms with Crippen LogP contribution in [0.15, 0.2) is 18.5 Å². The maximum absolute atomic E-state index is 6.22. The largest absolute Gasteiger partial charge is 0.378 e. The molecule has 1 aliphatic rings. The van der Waals surface area contributed by atoms with Gasteiger partial charge in [0.15, 0.2) is 0 Å². The molecule has 0 aromatic carbocycles. The average Bonchev–Trinajstić information content (AvgIpc) is 2.72. The topological polar surface area (TPSA) is 34.2 Å². The second-order valence-electron chi connectivity index (χ2n) is 5.05. The van der Waals surface area contributed by atoms with Crippen molar-refractivity contribution in [2.45, 2.75) is 32.8 Å². The Labute approximate surface area is 114 Å². The summed E-state index contributed by atoms with van der Waals surface area (Å²) >= 11 is 6.22. The molecule has 2 unspecified atom stereocenters. The van der Waals surface area contributed by atoms with Gasteiger partial charge in [0.25, 0.3) is 0 Å². The highest BCUT2D eigenvalue weighted by molar-refractivity contribution is 6.31. The van der Waals surface area contributed by atoms with E-state index >= 15 is 0 Å². The summed E-state index contributed by atoms with van der Waals surface area (Å²) in [6, 6.07) is 2.01. The lowest BCUT2D eigenvalue weighted by Gasteiger charge is -2.33. The van der Waals surface area contributed by atoms with E-state index in [9.17, 15) is 0 Å². The molecule has 100 valence electrons. The average molecular weight is 269 g/mol. The molecule has 0 amide bonds. The number of rotatable bonds is 5. The fourth-order valence-electron chi connectivity index (χ4n) is 2.65. The van der Waals surface area contributed by atoms with Crippen LogP contribution >= 0.6 is 11.6 Å². The number of halogens is 1. The molecule has 1 N–H and O–H groups in total. The zero-order valence-corrected chi connectivity index (χ0v) is 11.8. The monoisotopic (exact) mass is 268 g/mol. The first-order chi connectivity index (χ1) is 8.68. The van der Waals surface area contributed by atoms with Gasteiger partial charge in [-0.15, -0.1) is 0 Å². The highest BCUT2D eigenvalue weighted by Crippen LogP contribution is 2.38. The minimum atomic E-state index is 0.154. The maximum Gasteiger partial charge on any atom is 0.0621 e. The Balaban J connectivity index is 2.18. The summed E-state index contributed by atoms with van der Waals surface area (Å²) in [4.78, 5) is 4.04. The van der Waals surface area contributed by atoms with Crippen molar-refractivity contribution in [3.63, 3.8) is 0 Å². The summed E-state index contributed by atoms with van der Waals surface area (Å²) in [6.45, 7) is 7.10. The van der Waals surface area contributed by atoms with Crippen molar-refractivity contribution in [3.05, 3.63) is 29.0 Å². The van der Waals surface area contributed by atoms with Crippen LogP contribution in [0.2, 0.25) is 5.02 Å². The lowest BCUT2D eigenvalue weighted by Crippen LogP contribution is -2.41. The molecule has 0 bridgehead atoms. The zero-order valence-electron chi connectivity index (χ0n) is 11.1. The maximum atomic E-state index is 6.22. The van der Waals surface area contributed by atoms with Crippen molar-refractivity contribution < 1.29 is 4.74 Å². The van der Waals surface area contributed by atoms with Crippen LogP contribution in [0.3, 0.4) is 0 Å². The van der Waals surface area contributed by atoms with Gasteiger partial charge in [0.05, 0.1) is 11.1 Å². The summed E-state index contributed by atoms with van der Waals surface area (Å²) in [5.74, 6) is 0. The summed E-state index contributed by atoms with van der Waals surface area (Å²) in [5.41, 5.74) is 1.32. The Morgan fingerprint density at radius 3 is 3.06 bits per heavy atom. The van der Waals surface area contributed by atoms with Crippen LogP contribution < -0.4 is 5.32 Å². The molecular formula is C14H21ClN2O. The molecule has 2 atom stereocenters. The summed E-state index contributed by atoms with van der Waals surface area (Å²) in [7, 11) is 0. The van der Waals surface area contributed by atoms with E-state index in [0.717, 1.165) is 37.6 Å². The number of aromatic nitrogens is 1. The van der Waals surface area contributed by atoms with Crippen LogP contribution in [0.4, 0.5) is 0 Å². The van der Waals surface area contributed by atoms with Crippen LogP contribution in [-0.2, 0) is 11.2 Å². The highest BCUT2D eigenvalue weighted by atomic mass is 35.5. The van der Waals surface area contributed by atoms with Crippen LogP contribution in [0.1, 0.15) is 25.8 Å². The quantitative estimate of drug-likeness (QED) is 0.892. The Morgan fingerprint density at radius 1 is 1.61 bits per heavy atom. The number of nitrogens with zero attached hydrogens (tertiary/aromatic N) is 1. The van der Waals surface area contributed by atoms with Gasteiger partial charge in [-0.3, -0.25) is 4.98 Å². The van der Waals surface area contributed by atoms with E-state index in [1.165, 1.54) is 5.56 Å². The fourth-order valence-corrected chi connectivity index (χ4v) is 2.83. The van der Waals surface area contributed by atoms with Gasteiger partial charge in [-0.25, -0.2) is 0 Å². The summed E-state index contributed by atoms with van der Waals surface area (Å²) < 4.78 is 5.78. The van der Waals surface area contributed by atoms with E-state index in [0.29, 0.717) is 0 Å². The van der Waals surface area contributed by atoms with Gasteiger partial charge in [-0.1, -0.05) is 18.5 Å². The molecule has 2 heterocycles. The molecule has 4 heteroatoms. The fraction of sp³-hybridized carbons (Fsp3) is 0.643. The predicted molar refractivity (Wildman–Crippen MR) is 74.0 cm³/mol. The van der Waals surface area contributed by atoms with E-state index in [2.05, 4.69) is 24.1 Å². The number of hydrogen-bond acceptors (Lipinski definition) is 3. The molecule has 0 spiro atoms. The Morgan fingerprint density at radius 2 is 2.44 bits per heavy atom. The molecule has 0 aliphatic carbocycles. The molecule has 1 aromatic rings. The van der Waals surface area contributed by atoms with Crippen LogP contribution in [0.25, 0.3) is 0 Å². The molecule has 18 heavy (non-hydrogen) atoms. The van der Waals surface area contributed by atoms with Crippen molar-refractivity contribution in [1.82, 2.24) is 10.3 Å². The highest BCUT2D eigenvalue weighted by Gasteiger charge is 2.41. The first-order valence-electron chi connectivity index (χ1n) is 6.58. The summed E-state index contributed by atoms with van der Waals surface area (Å²) in [5, 5.41) is 4.22. The van der Waals surface area contributed by atoms with Crippen LogP contribution in [0.5, 0.6) is 0 Å². The lowest BCUT2D eigenvalue weighted by atomic mass is 9.76. The van der Waals surface area contributed by atoms with Crippen molar-refractivity contribution >= 4 is 11.6 Å².